The molecule has 5 aromatic rings. The molecule has 0 spiro atoms. The molecule has 130 valence electrons. The molecule has 0 atom stereocenters. The van der Waals surface area contributed by atoms with Crippen molar-refractivity contribution < 1.29 is 0 Å². The van der Waals surface area contributed by atoms with Gasteiger partial charge in [0.15, 0.2) is 0 Å². The Morgan fingerprint density at radius 3 is 2.26 bits per heavy atom. The van der Waals surface area contributed by atoms with Gasteiger partial charge in [-0.15, -0.1) is 0 Å². The van der Waals surface area contributed by atoms with Gasteiger partial charge in [0, 0.05) is 15.4 Å². The topological polar surface area (TPSA) is 17.8 Å². The van der Waals surface area contributed by atoms with Gasteiger partial charge in [-0.1, -0.05) is 72.3 Å². The van der Waals surface area contributed by atoms with Crippen LogP contribution in [0, 0.1) is 0 Å². The van der Waals surface area contributed by atoms with Gasteiger partial charge >= 0.3 is 0 Å². The molecule has 0 aliphatic rings. The van der Waals surface area contributed by atoms with Crippen molar-refractivity contribution in [1.29, 1.82) is 0 Å². The predicted molar refractivity (Wildman–Crippen MR) is 117 cm³/mol. The Balaban J connectivity index is 1.91. The Morgan fingerprint density at radius 1 is 0.778 bits per heavy atom. The largest absolute Gasteiger partial charge is 0.231 e. The lowest BCUT2D eigenvalue weighted by Gasteiger charge is -2.08. The summed E-state index contributed by atoms with van der Waals surface area (Å²) in [6, 6.07) is 28.9. The lowest BCUT2D eigenvalue weighted by atomic mass is 10.0. The molecule has 0 aliphatic carbocycles. The Labute approximate surface area is 170 Å². The maximum absolute atomic E-state index is 6.59. The molecule has 2 nitrogen and oxygen atoms in total. The van der Waals surface area contributed by atoms with E-state index in [1.165, 1.54) is 10.8 Å². The van der Waals surface area contributed by atoms with Crippen LogP contribution in [0.4, 0.5) is 0 Å². The van der Waals surface area contributed by atoms with E-state index in [9.17, 15) is 0 Å². The lowest BCUT2D eigenvalue weighted by Crippen LogP contribution is -1.98. The van der Waals surface area contributed by atoms with E-state index in [0.717, 1.165) is 32.3 Å². The summed E-state index contributed by atoms with van der Waals surface area (Å²) in [6.45, 7) is 0. The third-order valence-electron chi connectivity index (χ3n) is 4.75. The van der Waals surface area contributed by atoms with Gasteiger partial charge in [0.25, 0.3) is 0 Å². The van der Waals surface area contributed by atoms with E-state index >= 15 is 0 Å². The number of benzene rings is 4. The van der Waals surface area contributed by atoms with Crippen molar-refractivity contribution in [3.63, 3.8) is 0 Å². The van der Waals surface area contributed by atoms with E-state index in [1.54, 1.807) is 0 Å². The van der Waals surface area contributed by atoms with Crippen molar-refractivity contribution in [3.05, 3.63) is 94.4 Å². The predicted octanol–water partition coefficient (Wildman–Crippen LogP) is 7.26. The van der Waals surface area contributed by atoms with Gasteiger partial charge < -0.3 is 0 Å². The molecule has 0 radical (unpaired) electrons. The average molecular weight is 434 g/mol. The van der Waals surface area contributed by atoms with Crippen molar-refractivity contribution in [2.75, 3.05) is 0 Å². The maximum atomic E-state index is 6.59. The maximum Gasteiger partial charge on any atom is 0.101 e. The zero-order valence-corrected chi connectivity index (χ0v) is 16.6. The van der Waals surface area contributed by atoms with E-state index in [1.807, 2.05) is 41.1 Å². The van der Waals surface area contributed by atoms with Gasteiger partial charge in [-0.2, -0.15) is 5.10 Å². The monoisotopic (exact) mass is 432 g/mol. The number of fused-ring (bicyclic) bond motifs is 2. The van der Waals surface area contributed by atoms with Gasteiger partial charge in [0.05, 0.1) is 16.2 Å². The molecule has 27 heavy (non-hydrogen) atoms. The number of hydrogen-bond acceptors (Lipinski definition) is 1. The van der Waals surface area contributed by atoms with Crippen LogP contribution in [0.2, 0.25) is 5.02 Å². The van der Waals surface area contributed by atoms with Crippen LogP contribution in [-0.2, 0) is 0 Å². The highest BCUT2D eigenvalue weighted by molar-refractivity contribution is 9.10. The molecule has 0 unspecified atom stereocenters. The van der Waals surface area contributed by atoms with Crippen LogP contribution in [0.25, 0.3) is 38.6 Å². The molecule has 1 aromatic heterocycles. The molecule has 0 aliphatic heterocycles. The molecule has 0 saturated carbocycles. The lowest BCUT2D eigenvalue weighted by molar-refractivity contribution is 0.915. The summed E-state index contributed by atoms with van der Waals surface area (Å²) in [5, 5.41) is 9.10. The molecule has 0 amide bonds. The summed E-state index contributed by atoms with van der Waals surface area (Å²) in [4.78, 5) is 0. The van der Waals surface area contributed by atoms with Crippen LogP contribution in [-0.4, -0.2) is 9.78 Å². The Kier molecular flexibility index (Phi) is 4.00. The molecule has 0 N–H and O–H groups in total. The van der Waals surface area contributed by atoms with Crippen LogP contribution in [0.1, 0.15) is 0 Å². The Hall–Kier alpha value is -2.62. The van der Waals surface area contributed by atoms with Crippen LogP contribution in [0.3, 0.4) is 0 Å². The number of rotatable bonds is 2. The third kappa shape index (κ3) is 2.75. The average Bonchev–Trinajstić information content (AvgIpc) is 3.07. The molecular formula is C23H14BrClN2. The van der Waals surface area contributed by atoms with Crippen LogP contribution >= 0.6 is 27.5 Å². The molecule has 4 heteroatoms. The smallest absolute Gasteiger partial charge is 0.101 e. The first kappa shape index (κ1) is 16.5. The summed E-state index contributed by atoms with van der Waals surface area (Å²) in [7, 11) is 0. The fourth-order valence-corrected chi connectivity index (χ4v) is 4.01. The van der Waals surface area contributed by atoms with E-state index in [2.05, 4.69) is 64.5 Å². The second-order valence-electron chi connectivity index (χ2n) is 6.42. The van der Waals surface area contributed by atoms with Crippen molar-refractivity contribution >= 4 is 49.2 Å². The molecule has 0 fully saturated rings. The van der Waals surface area contributed by atoms with Gasteiger partial charge in [-0.05, 0) is 51.0 Å². The SMILES string of the molecule is Clc1c(Br)cccc1-n1nc(-c2ccccc2)c2cc3ccccc3cc21. The minimum absolute atomic E-state index is 0.648. The standard InChI is InChI=1S/C23H14BrClN2/c24-19-11-6-12-20(22(19)25)27-21-14-17-10-5-4-9-16(17)13-18(21)23(26-27)15-7-2-1-3-8-15/h1-14H. The van der Waals surface area contributed by atoms with Crippen molar-refractivity contribution in [2.24, 2.45) is 0 Å². The van der Waals surface area contributed by atoms with Gasteiger partial charge in [-0.25, -0.2) is 4.68 Å². The Morgan fingerprint density at radius 2 is 1.48 bits per heavy atom. The summed E-state index contributed by atoms with van der Waals surface area (Å²) in [6.07, 6.45) is 0. The molecule has 4 aromatic carbocycles. The first-order valence-electron chi connectivity index (χ1n) is 8.64. The summed E-state index contributed by atoms with van der Waals surface area (Å²) in [5.41, 5.74) is 3.93. The molecular weight excluding hydrogens is 420 g/mol. The van der Waals surface area contributed by atoms with Gasteiger partial charge in [0.1, 0.15) is 5.69 Å². The van der Waals surface area contributed by atoms with Gasteiger partial charge in [0.2, 0.25) is 0 Å². The minimum atomic E-state index is 0.648. The first-order chi connectivity index (χ1) is 13.2. The van der Waals surface area contributed by atoms with Crippen LogP contribution < -0.4 is 0 Å². The van der Waals surface area contributed by atoms with Crippen LogP contribution in [0.5, 0.6) is 0 Å². The molecule has 1 heterocycles. The summed E-state index contributed by atoms with van der Waals surface area (Å²) < 4.78 is 2.80. The van der Waals surface area contributed by atoms with Crippen LogP contribution in [0.15, 0.2) is 89.4 Å². The molecule has 0 bridgehead atoms. The molecule has 5 rings (SSSR count). The zero-order chi connectivity index (χ0) is 18.4. The first-order valence-corrected chi connectivity index (χ1v) is 9.81. The van der Waals surface area contributed by atoms with Crippen molar-refractivity contribution in [1.82, 2.24) is 9.78 Å². The quantitative estimate of drug-likeness (QED) is 0.286. The van der Waals surface area contributed by atoms with E-state index < -0.39 is 0 Å². The number of nitrogens with zero attached hydrogens (tertiary/aromatic N) is 2. The number of aromatic nitrogens is 2. The second kappa shape index (κ2) is 6.52. The second-order valence-corrected chi connectivity index (χ2v) is 7.65. The fraction of sp³-hybridized carbons (Fsp3) is 0. The summed E-state index contributed by atoms with van der Waals surface area (Å²) in [5.74, 6) is 0. The Bertz CT molecular complexity index is 1290. The highest BCUT2D eigenvalue weighted by Gasteiger charge is 2.17. The number of halogens is 2. The van der Waals surface area contributed by atoms with Crippen molar-refractivity contribution in [2.45, 2.75) is 0 Å². The minimum Gasteiger partial charge on any atom is -0.231 e. The van der Waals surface area contributed by atoms with Crippen molar-refractivity contribution in [3.8, 4) is 16.9 Å². The van der Waals surface area contributed by atoms with Gasteiger partial charge in [-0.3, -0.25) is 0 Å². The van der Waals surface area contributed by atoms with E-state index in [0.29, 0.717) is 5.02 Å². The highest BCUT2D eigenvalue weighted by atomic mass is 79.9. The molecule has 0 saturated heterocycles. The zero-order valence-electron chi connectivity index (χ0n) is 14.2. The normalized spacial score (nSPS) is 11.3. The number of hydrogen-bond donors (Lipinski definition) is 0. The summed E-state index contributed by atoms with van der Waals surface area (Å²) >= 11 is 10.1. The fourth-order valence-electron chi connectivity index (χ4n) is 3.45. The highest BCUT2D eigenvalue weighted by Crippen LogP contribution is 2.36. The van der Waals surface area contributed by atoms with E-state index in [4.69, 9.17) is 16.7 Å². The van der Waals surface area contributed by atoms with E-state index in [-0.39, 0.29) is 0 Å². The third-order valence-corrected chi connectivity index (χ3v) is 6.04.